The highest BCUT2D eigenvalue weighted by Crippen LogP contribution is 2.37. The van der Waals surface area contributed by atoms with Crippen LogP contribution >= 0.6 is 0 Å². The molecular weight excluding hydrogens is 350 g/mol. The van der Waals surface area contributed by atoms with E-state index in [0.717, 1.165) is 47.3 Å². The summed E-state index contributed by atoms with van der Waals surface area (Å²) in [4.78, 5) is 29.9. The molecule has 1 saturated heterocycles. The SMILES string of the molecule is CCN1c2ccccc2C(=O)NC12CCN(C(=O)c1cc(C)cc(C)c1)CC2. The van der Waals surface area contributed by atoms with E-state index in [-0.39, 0.29) is 11.8 Å². The average molecular weight is 377 g/mol. The van der Waals surface area contributed by atoms with Crippen molar-refractivity contribution in [3.05, 3.63) is 64.7 Å². The zero-order chi connectivity index (χ0) is 19.9. The molecule has 0 bridgehead atoms. The maximum atomic E-state index is 13.0. The summed E-state index contributed by atoms with van der Waals surface area (Å²) in [5.74, 6) is 0.0571. The maximum Gasteiger partial charge on any atom is 0.255 e. The van der Waals surface area contributed by atoms with Gasteiger partial charge in [-0.3, -0.25) is 9.59 Å². The first-order valence-corrected chi connectivity index (χ1v) is 10.0. The van der Waals surface area contributed by atoms with Gasteiger partial charge in [-0.05, 0) is 45.0 Å². The number of hydrogen-bond acceptors (Lipinski definition) is 3. The number of anilines is 1. The monoisotopic (exact) mass is 377 g/mol. The highest BCUT2D eigenvalue weighted by atomic mass is 16.2. The number of piperidine rings is 1. The average Bonchev–Trinajstić information content (AvgIpc) is 2.68. The quantitative estimate of drug-likeness (QED) is 0.871. The van der Waals surface area contributed by atoms with Crippen LogP contribution in [0.3, 0.4) is 0 Å². The van der Waals surface area contributed by atoms with Crippen LogP contribution in [-0.4, -0.2) is 42.0 Å². The van der Waals surface area contributed by atoms with Crippen LogP contribution in [0.25, 0.3) is 0 Å². The Kier molecular flexibility index (Phi) is 4.61. The molecule has 0 aromatic heterocycles. The van der Waals surface area contributed by atoms with E-state index in [1.54, 1.807) is 0 Å². The predicted octanol–water partition coefficient (Wildman–Crippen LogP) is 3.51. The zero-order valence-electron chi connectivity index (χ0n) is 16.8. The van der Waals surface area contributed by atoms with Gasteiger partial charge >= 0.3 is 0 Å². The van der Waals surface area contributed by atoms with E-state index in [9.17, 15) is 9.59 Å². The molecule has 0 atom stereocenters. The molecule has 1 N–H and O–H groups in total. The number of amides is 2. The molecule has 0 radical (unpaired) electrons. The van der Waals surface area contributed by atoms with Crippen LogP contribution < -0.4 is 10.2 Å². The second-order valence-electron chi connectivity index (χ2n) is 7.92. The molecule has 0 unspecified atom stereocenters. The Hall–Kier alpha value is -2.82. The van der Waals surface area contributed by atoms with Crippen molar-refractivity contribution in [2.75, 3.05) is 24.5 Å². The number of aryl methyl sites for hydroxylation is 2. The summed E-state index contributed by atoms with van der Waals surface area (Å²) in [6.45, 7) is 8.22. The standard InChI is InChI=1S/C23H27N3O2/c1-4-26-20-8-6-5-7-19(20)21(27)24-23(26)9-11-25(12-10-23)22(28)18-14-16(2)13-17(3)15-18/h5-8,13-15H,4,9-12H2,1-3H3,(H,24,27). The van der Waals surface area contributed by atoms with Gasteiger partial charge in [-0.2, -0.15) is 0 Å². The lowest BCUT2D eigenvalue weighted by Crippen LogP contribution is -2.68. The van der Waals surface area contributed by atoms with Crippen LogP contribution in [0.5, 0.6) is 0 Å². The number of fused-ring (bicyclic) bond motifs is 1. The van der Waals surface area contributed by atoms with E-state index < -0.39 is 5.66 Å². The predicted molar refractivity (Wildman–Crippen MR) is 111 cm³/mol. The summed E-state index contributed by atoms with van der Waals surface area (Å²) >= 11 is 0. The summed E-state index contributed by atoms with van der Waals surface area (Å²) in [5.41, 5.74) is 4.25. The van der Waals surface area contributed by atoms with E-state index in [0.29, 0.717) is 13.1 Å². The molecule has 2 heterocycles. The van der Waals surface area contributed by atoms with Crippen LogP contribution in [0.4, 0.5) is 5.69 Å². The third-order valence-electron chi connectivity index (χ3n) is 5.97. The first-order valence-electron chi connectivity index (χ1n) is 10.0. The Balaban J connectivity index is 1.56. The lowest BCUT2D eigenvalue weighted by molar-refractivity contribution is 0.0603. The van der Waals surface area contributed by atoms with Gasteiger partial charge in [-0.1, -0.05) is 29.3 Å². The number of rotatable bonds is 2. The Labute approximate surface area is 166 Å². The van der Waals surface area contributed by atoms with Gasteiger partial charge in [0.05, 0.1) is 11.3 Å². The first kappa shape index (κ1) is 18.5. The van der Waals surface area contributed by atoms with Gasteiger partial charge in [0.1, 0.15) is 5.66 Å². The number of likely N-dealkylation sites (tertiary alicyclic amines) is 1. The topological polar surface area (TPSA) is 52.7 Å². The van der Waals surface area contributed by atoms with Gasteiger partial charge in [0, 0.05) is 38.0 Å². The van der Waals surface area contributed by atoms with Gasteiger partial charge in [0.2, 0.25) is 0 Å². The van der Waals surface area contributed by atoms with Crippen molar-refractivity contribution in [1.29, 1.82) is 0 Å². The highest BCUT2D eigenvalue weighted by Gasteiger charge is 2.45. The molecule has 4 rings (SSSR count). The molecule has 0 saturated carbocycles. The van der Waals surface area contributed by atoms with Gasteiger partial charge in [-0.15, -0.1) is 0 Å². The number of carbonyl (C=O) groups is 2. The van der Waals surface area contributed by atoms with E-state index in [2.05, 4.69) is 23.2 Å². The summed E-state index contributed by atoms with van der Waals surface area (Å²) in [6.07, 6.45) is 1.44. The molecule has 146 valence electrons. The van der Waals surface area contributed by atoms with Gasteiger partial charge in [0.15, 0.2) is 0 Å². The van der Waals surface area contributed by atoms with E-state index in [1.165, 1.54) is 0 Å². The molecule has 1 spiro atoms. The minimum absolute atomic E-state index is 0.0191. The molecule has 2 amide bonds. The lowest BCUT2D eigenvalue weighted by atomic mass is 9.89. The fourth-order valence-electron chi connectivity index (χ4n) is 4.71. The molecule has 1 fully saturated rings. The lowest BCUT2D eigenvalue weighted by Gasteiger charge is -2.52. The van der Waals surface area contributed by atoms with Crippen molar-refractivity contribution in [2.45, 2.75) is 39.3 Å². The molecule has 2 aliphatic rings. The minimum atomic E-state index is -0.417. The van der Waals surface area contributed by atoms with Gasteiger partial charge in [-0.25, -0.2) is 0 Å². The fourth-order valence-corrected chi connectivity index (χ4v) is 4.71. The Morgan fingerprint density at radius 2 is 1.71 bits per heavy atom. The van der Waals surface area contributed by atoms with Crippen molar-refractivity contribution in [3.63, 3.8) is 0 Å². The number of carbonyl (C=O) groups excluding carboxylic acids is 2. The smallest absolute Gasteiger partial charge is 0.255 e. The molecule has 2 aromatic carbocycles. The highest BCUT2D eigenvalue weighted by molar-refractivity contribution is 6.02. The molecule has 28 heavy (non-hydrogen) atoms. The molecule has 5 heteroatoms. The number of para-hydroxylation sites is 1. The molecule has 5 nitrogen and oxygen atoms in total. The van der Waals surface area contributed by atoms with Crippen LogP contribution in [-0.2, 0) is 0 Å². The number of hydrogen-bond donors (Lipinski definition) is 1. The molecular formula is C23H27N3O2. The van der Waals surface area contributed by atoms with Crippen molar-refractivity contribution < 1.29 is 9.59 Å². The summed E-state index contributed by atoms with van der Waals surface area (Å²) in [7, 11) is 0. The van der Waals surface area contributed by atoms with E-state index in [1.807, 2.05) is 55.1 Å². The molecule has 2 aromatic rings. The van der Waals surface area contributed by atoms with Gasteiger partial charge in [0.25, 0.3) is 11.8 Å². The van der Waals surface area contributed by atoms with Crippen molar-refractivity contribution in [2.24, 2.45) is 0 Å². The minimum Gasteiger partial charge on any atom is -0.348 e. The Bertz CT molecular complexity index is 909. The van der Waals surface area contributed by atoms with Gasteiger partial charge < -0.3 is 15.1 Å². The first-order chi connectivity index (χ1) is 13.4. The number of nitrogens with one attached hydrogen (secondary N) is 1. The summed E-state index contributed by atoms with van der Waals surface area (Å²) < 4.78 is 0. The largest absolute Gasteiger partial charge is 0.348 e. The Morgan fingerprint density at radius 3 is 2.36 bits per heavy atom. The number of benzene rings is 2. The van der Waals surface area contributed by atoms with E-state index in [4.69, 9.17) is 0 Å². The molecule has 0 aliphatic carbocycles. The third kappa shape index (κ3) is 3.05. The summed E-state index contributed by atoms with van der Waals surface area (Å²) in [6, 6.07) is 13.8. The van der Waals surface area contributed by atoms with Crippen molar-refractivity contribution in [3.8, 4) is 0 Å². The van der Waals surface area contributed by atoms with Crippen LogP contribution in [0.15, 0.2) is 42.5 Å². The summed E-state index contributed by atoms with van der Waals surface area (Å²) in [5, 5.41) is 3.26. The zero-order valence-corrected chi connectivity index (χ0v) is 16.8. The third-order valence-corrected chi connectivity index (χ3v) is 5.97. The van der Waals surface area contributed by atoms with Crippen molar-refractivity contribution >= 4 is 17.5 Å². The Morgan fingerprint density at radius 1 is 1.07 bits per heavy atom. The van der Waals surface area contributed by atoms with Crippen LogP contribution in [0.2, 0.25) is 0 Å². The number of nitrogens with zero attached hydrogens (tertiary/aromatic N) is 2. The second kappa shape index (κ2) is 6.97. The van der Waals surface area contributed by atoms with Crippen LogP contribution in [0, 0.1) is 13.8 Å². The second-order valence-corrected chi connectivity index (χ2v) is 7.92. The van der Waals surface area contributed by atoms with E-state index >= 15 is 0 Å². The fraction of sp³-hybridized carbons (Fsp3) is 0.391. The normalized spacial score (nSPS) is 18.0. The molecule has 2 aliphatic heterocycles. The van der Waals surface area contributed by atoms with Crippen LogP contribution in [0.1, 0.15) is 51.6 Å². The van der Waals surface area contributed by atoms with Crippen molar-refractivity contribution in [1.82, 2.24) is 10.2 Å². The maximum absolute atomic E-state index is 13.0.